The van der Waals surface area contributed by atoms with Crippen LogP contribution in [0.15, 0.2) is 91.3 Å². The Bertz CT molecular complexity index is 1470. The van der Waals surface area contributed by atoms with Gasteiger partial charge in [-0.05, 0) is 24.0 Å². The van der Waals surface area contributed by atoms with E-state index in [0.717, 1.165) is 32.9 Å². The third kappa shape index (κ3) is 3.46. The zero-order chi connectivity index (χ0) is 22.1. The molecule has 0 bridgehead atoms. The first-order valence-corrected chi connectivity index (χ1v) is 10.5. The van der Waals surface area contributed by atoms with Crippen molar-refractivity contribution in [3.8, 4) is 23.7 Å². The maximum Gasteiger partial charge on any atom is 0.214 e. The van der Waals surface area contributed by atoms with E-state index >= 15 is 0 Å². The molecule has 2 aromatic heterocycles. The van der Waals surface area contributed by atoms with E-state index in [1.54, 1.807) is 0 Å². The summed E-state index contributed by atoms with van der Waals surface area (Å²) in [5, 5.41) is 13.7. The van der Waals surface area contributed by atoms with Crippen molar-refractivity contribution in [1.82, 2.24) is 9.13 Å². The smallest absolute Gasteiger partial charge is 0.214 e. The summed E-state index contributed by atoms with van der Waals surface area (Å²) in [5.41, 5.74) is 2.98. The fourth-order valence-corrected chi connectivity index (χ4v) is 4.05. The Morgan fingerprint density at radius 3 is 1.56 bits per heavy atom. The SMILES string of the molecule is Cn1cc(C#CC(O)(C#Cc2cn(C)c3ccccc23)c2ccccc2)c2ccccc21. The molecule has 154 valence electrons. The highest BCUT2D eigenvalue weighted by molar-refractivity contribution is 5.87. The minimum Gasteiger partial charge on any atom is -0.363 e. The Morgan fingerprint density at radius 1 is 0.625 bits per heavy atom. The summed E-state index contributed by atoms with van der Waals surface area (Å²) in [6.45, 7) is 0. The van der Waals surface area contributed by atoms with Crippen LogP contribution in [0.5, 0.6) is 0 Å². The molecular formula is C29H22N2O. The number of hydrogen-bond donors (Lipinski definition) is 1. The number of rotatable bonds is 1. The molecule has 5 aromatic rings. The number of para-hydroxylation sites is 2. The molecule has 32 heavy (non-hydrogen) atoms. The van der Waals surface area contributed by atoms with Gasteiger partial charge in [-0.2, -0.15) is 0 Å². The molecule has 0 aliphatic carbocycles. The predicted molar refractivity (Wildman–Crippen MR) is 130 cm³/mol. The first-order valence-electron chi connectivity index (χ1n) is 10.5. The Balaban J connectivity index is 1.64. The molecule has 0 fully saturated rings. The van der Waals surface area contributed by atoms with E-state index in [4.69, 9.17) is 0 Å². The van der Waals surface area contributed by atoms with Crippen LogP contribution in [-0.4, -0.2) is 14.2 Å². The van der Waals surface area contributed by atoms with Crippen molar-refractivity contribution in [3.05, 3.63) is 108 Å². The van der Waals surface area contributed by atoms with Gasteiger partial charge in [0, 0.05) is 53.9 Å². The topological polar surface area (TPSA) is 30.1 Å². The van der Waals surface area contributed by atoms with E-state index < -0.39 is 5.60 Å². The summed E-state index contributed by atoms with van der Waals surface area (Å²) >= 11 is 0. The maximum absolute atomic E-state index is 11.6. The highest BCUT2D eigenvalue weighted by Crippen LogP contribution is 2.24. The van der Waals surface area contributed by atoms with Gasteiger partial charge in [0.25, 0.3) is 0 Å². The molecule has 3 aromatic carbocycles. The second kappa shape index (κ2) is 7.82. The lowest BCUT2D eigenvalue weighted by molar-refractivity contribution is 0.165. The summed E-state index contributed by atoms with van der Waals surface area (Å²) in [6, 6.07) is 25.6. The molecule has 0 aliphatic heterocycles. The zero-order valence-electron chi connectivity index (χ0n) is 18.0. The lowest BCUT2D eigenvalue weighted by Gasteiger charge is -2.15. The number of aryl methyl sites for hydroxylation is 2. The highest BCUT2D eigenvalue weighted by Gasteiger charge is 2.24. The first kappa shape index (κ1) is 19.8. The molecule has 2 heterocycles. The molecule has 3 heteroatoms. The summed E-state index contributed by atoms with van der Waals surface area (Å²) in [7, 11) is 3.99. The second-order valence-corrected chi connectivity index (χ2v) is 7.92. The molecule has 0 aliphatic rings. The highest BCUT2D eigenvalue weighted by atomic mass is 16.3. The molecule has 0 atom stereocenters. The van der Waals surface area contributed by atoms with E-state index in [9.17, 15) is 5.11 Å². The molecule has 0 radical (unpaired) electrons. The Hall–Kier alpha value is -4.18. The van der Waals surface area contributed by atoms with Crippen molar-refractivity contribution >= 4 is 21.8 Å². The molecule has 1 N–H and O–H groups in total. The van der Waals surface area contributed by atoms with Gasteiger partial charge in [0.2, 0.25) is 5.60 Å². The average molecular weight is 415 g/mol. The van der Waals surface area contributed by atoms with Crippen molar-refractivity contribution in [2.24, 2.45) is 14.1 Å². The Morgan fingerprint density at radius 2 is 1.06 bits per heavy atom. The third-order valence-electron chi connectivity index (χ3n) is 5.74. The molecule has 3 nitrogen and oxygen atoms in total. The lowest BCUT2D eigenvalue weighted by atomic mass is 9.94. The standard InChI is InChI=1S/C29H22N2O/c1-30-20-22(25-12-6-8-14-27(25)30)16-18-29(32,24-10-4-3-5-11-24)19-17-23-21-31(2)28-15-9-7-13-26(23)28/h3-15,20-21,32H,1-2H3. The summed E-state index contributed by atoms with van der Waals surface area (Å²) in [4.78, 5) is 0. The van der Waals surface area contributed by atoms with Crippen LogP contribution in [0.4, 0.5) is 0 Å². The average Bonchev–Trinajstić information content (AvgIpc) is 3.34. The summed E-state index contributed by atoms with van der Waals surface area (Å²) < 4.78 is 4.09. The van der Waals surface area contributed by atoms with Gasteiger partial charge in [-0.15, -0.1) is 0 Å². The molecular weight excluding hydrogens is 392 g/mol. The van der Waals surface area contributed by atoms with Crippen LogP contribution in [0, 0.1) is 23.7 Å². The Kier molecular flexibility index (Phi) is 4.83. The zero-order valence-corrected chi connectivity index (χ0v) is 18.0. The fraction of sp³-hybridized carbons (Fsp3) is 0.103. The van der Waals surface area contributed by atoms with Gasteiger partial charge in [0.1, 0.15) is 0 Å². The van der Waals surface area contributed by atoms with E-state index in [1.807, 2.05) is 102 Å². The third-order valence-corrected chi connectivity index (χ3v) is 5.74. The molecule has 5 rings (SSSR count). The van der Waals surface area contributed by atoms with Crippen molar-refractivity contribution < 1.29 is 5.11 Å². The molecule has 0 saturated carbocycles. The van der Waals surface area contributed by atoms with Crippen LogP contribution in [0.2, 0.25) is 0 Å². The number of aromatic nitrogens is 2. The number of nitrogens with zero attached hydrogens (tertiary/aromatic N) is 2. The molecule has 0 saturated heterocycles. The van der Waals surface area contributed by atoms with Crippen molar-refractivity contribution in [3.63, 3.8) is 0 Å². The van der Waals surface area contributed by atoms with Crippen LogP contribution in [0.3, 0.4) is 0 Å². The monoisotopic (exact) mass is 414 g/mol. The van der Waals surface area contributed by atoms with Crippen LogP contribution < -0.4 is 0 Å². The van der Waals surface area contributed by atoms with Gasteiger partial charge >= 0.3 is 0 Å². The van der Waals surface area contributed by atoms with E-state index in [1.165, 1.54) is 0 Å². The van der Waals surface area contributed by atoms with Gasteiger partial charge in [-0.3, -0.25) is 0 Å². The first-order chi connectivity index (χ1) is 15.5. The quantitative estimate of drug-likeness (QED) is 0.386. The fourth-order valence-electron chi connectivity index (χ4n) is 4.05. The normalized spacial score (nSPS) is 11.1. The van der Waals surface area contributed by atoms with Crippen LogP contribution in [-0.2, 0) is 19.7 Å². The molecule has 0 unspecified atom stereocenters. The van der Waals surface area contributed by atoms with Gasteiger partial charge in [-0.25, -0.2) is 0 Å². The predicted octanol–water partition coefficient (Wildman–Crippen LogP) is 4.96. The largest absolute Gasteiger partial charge is 0.363 e. The minimum absolute atomic E-state index is 0.653. The lowest BCUT2D eigenvalue weighted by Crippen LogP contribution is -2.21. The Labute approximate surface area is 187 Å². The van der Waals surface area contributed by atoms with E-state index in [0.29, 0.717) is 5.56 Å². The number of benzene rings is 3. The second-order valence-electron chi connectivity index (χ2n) is 7.92. The van der Waals surface area contributed by atoms with Gasteiger partial charge < -0.3 is 14.2 Å². The van der Waals surface area contributed by atoms with Crippen molar-refractivity contribution in [1.29, 1.82) is 0 Å². The maximum atomic E-state index is 11.6. The van der Waals surface area contributed by atoms with E-state index in [2.05, 4.69) is 35.8 Å². The van der Waals surface area contributed by atoms with Crippen LogP contribution in [0.25, 0.3) is 21.8 Å². The number of aliphatic hydroxyl groups is 1. The van der Waals surface area contributed by atoms with Crippen LogP contribution in [0.1, 0.15) is 16.7 Å². The number of hydrogen-bond acceptors (Lipinski definition) is 1. The van der Waals surface area contributed by atoms with Crippen molar-refractivity contribution in [2.45, 2.75) is 5.60 Å². The van der Waals surface area contributed by atoms with Crippen LogP contribution >= 0.6 is 0 Å². The van der Waals surface area contributed by atoms with Crippen molar-refractivity contribution in [2.75, 3.05) is 0 Å². The van der Waals surface area contributed by atoms with E-state index in [-0.39, 0.29) is 0 Å². The van der Waals surface area contributed by atoms with Gasteiger partial charge in [-0.1, -0.05) is 78.6 Å². The summed E-state index contributed by atoms with van der Waals surface area (Å²) in [5.74, 6) is 12.5. The molecule has 0 amide bonds. The summed E-state index contributed by atoms with van der Waals surface area (Å²) in [6.07, 6.45) is 3.97. The van der Waals surface area contributed by atoms with Gasteiger partial charge in [0.15, 0.2) is 0 Å². The molecule has 0 spiro atoms. The number of fused-ring (bicyclic) bond motifs is 2. The van der Waals surface area contributed by atoms with Gasteiger partial charge in [0.05, 0.1) is 11.1 Å². The minimum atomic E-state index is -1.60.